The van der Waals surface area contributed by atoms with Crippen LogP contribution in [0.25, 0.3) is 11.3 Å². The SMILES string of the molecule is Cc1ccc(C)c(NC(=O)[C@@H](C)OC(=O)c2cc(-c3ccccc3)n[nH]2)c1. The van der Waals surface area contributed by atoms with Crippen molar-refractivity contribution in [3.05, 3.63) is 71.4 Å². The summed E-state index contributed by atoms with van der Waals surface area (Å²) < 4.78 is 5.27. The molecule has 0 aliphatic heterocycles. The molecule has 138 valence electrons. The first-order valence-electron chi connectivity index (χ1n) is 8.64. The number of H-pyrrole nitrogens is 1. The molecule has 6 nitrogen and oxygen atoms in total. The average molecular weight is 363 g/mol. The van der Waals surface area contributed by atoms with Crippen LogP contribution in [-0.4, -0.2) is 28.2 Å². The molecular weight excluding hydrogens is 342 g/mol. The Morgan fingerprint density at radius 1 is 1.07 bits per heavy atom. The van der Waals surface area contributed by atoms with Crippen molar-refractivity contribution in [2.75, 3.05) is 5.32 Å². The summed E-state index contributed by atoms with van der Waals surface area (Å²) in [6.45, 7) is 5.38. The van der Waals surface area contributed by atoms with Gasteiger partial charge in [-0.25, -0.2) is 4.79 Å². The van der Waals surface area contributed by atoms with Gasteiger partial charge in [-0.3, -0.25) is 9.89 Å². The van der Waals surface area contributed by atoms with Gasteiger partial charge in [0.05, 0.1) is 5.69 Å². The van der Waals surface area contributed by atoms with E-state index in [0.29, 0.717) is 11.4 Å². The van der Waals surface area contributed by atoms with Crippen LogP contribution in [0.1, 0.15) is 28.5 Å². The first-order valence-corrected chi connectivity index (χ1v) is 8.64. The van der Waals surface area contributed by atoms with E-state index in [-0.39, 0.29) is 11.6 Å². The van der Waals surface area contributed by atoms with Gasteiger partial charge in [0.2, 0.25) is 0 Å². The van der Waals surface area contributed by atoms with Crippen molar-refractivity contribution in [3.8, 4) is 11.3 Å². The number of aryl methyl sites for hydroxylation is 2. The zero-order chi connectivity index (χ0) is 19.4. The van der Waals surface area contributed by atoms with Gasteiger partial charge in [-0.05, 0) is 44.0 Å². The third-order valence-corrected chi connectivity index (χ3v) is 4.17. The third-order valence-electron chi connectivity index (χ3n) is 4.17. The molecule has 0 radical (unpaired) electrons. The number of esters is 1. The zero-order valence-electron chi connectivity index (χ0n) is 15.4. The van der Waals surface area contributed by atoms with E-state index in [2.05, 4.69) is 15.5 Å². The molecule has 2 aromatic carbocycles. The minimum atomic E-state index is -0.944. The molecule has 0 saturated carbocycles. The minimum Gasteiger partial charge on any atom is -0.448 e. The Labute approximate surface area is 157 Å². The number of benzene rings is 2. The molecule has 0 aliphatic carbocycles. The predicted octanol–water partition coefficient (Wildman–Crippen LogP) is 3.88. The summed E-state index contributed by atoms with van der Waals surface area (Å²) >= 11 is 0. The normalized spacial score (nSPS) is 11.7. The van der Waals surface area contributed by atoms with Crippen LogP contribution < -0.4 is 5.32 Å². The quantitative estimate of drug-likeness (QED) is 0.674. The molecule has 27 heavy (non-hydrogen) atoms. The molecule has 0 saturated heterocycles. The van der Waals surface area contributed by atoms with E-state index in [4.69, 9.17) is 4.74 Å². The highest BCUT2D eigenvalue weighted by atomic mass is 16.5. The summed E-state index contributed by atoms with van der Waals surface area (Å²) in [4.78, 5) is 24.7. The van der Waals surface area contributed by atoms with Gasteiger partial charge in [-0.2, -0.15) is 5.10 Å². The molecule has 1 amide bonds. The Balaban J connectivity index is 1.64. The van der Waals surface area contributed by atoms with Crippen molar-refractivity contribution in [3.63, 3.8) is 0 Å². The molecule has 0 bridgehead atoms. The van der Waals surface area contributed by atoms with Gasteiger partial charge in [0.25, 0.3) is 5.91 Å². The minimum absolute atomic E-state index is 0.195. The number of hydrogen-bond donors (Lipinski definition) is 2. The number of carbonyl (C=O) groups excluding carboxylic acids is 2. The van der Waals surface area contributed by atoms with Crippen LogP contribution in [0.4, 0.5) is 5.69 Å². The van der Waals surface area contributed by atoms with E-state index in [1.165, 1.54) is 6.92 Å². The average Bonchev–Trinajstić information content (AvgIpc) is 3.15. The van der Waals surface area contributed by atoms with Crippen LogP contribution >= 0.6 is 0 Å². The third kappa shape index (κ3) is 4.41. The lowest BCUT2D eigenvalue weighted by Crippen LogP contribution is -2.30. The molecule has 3 rings (SSSR count). The standard InChI is InChI=1S/C21H21N3O3/c1-13-9-10-14(2)17(11-13)22-20(25)15(3)27-21(26)19-12-18(23-24-19)16-7-5-4-6-8-16/h4-12,15H,1-3H3,(H,22,25)(H,23,24)/t15-/m1/s1. The van der Waals surface area contributed by atoms with Gasteiger partial charge in [-0.1, -0.05) is 42.5 Å². The van der Waals surface area contributed by atoms with E-state index in [1.807, 2.05) is 62.4 Å². The lowest BCUT2D eigenvalue weighted by molar-refractivity contribution is -0.123. The number of aromatic nitrogens is 2. The molecule has 3 aromatic rings. The summed E-state index contributed by atoms with van der Waals surface area (Å²) in [6, 6.07) is 16.9. The molecule has 1 heterocycles. The van der Waals surface area contributed by atoms with E-state index >= 15 is 0 Å². The van der Waals surface area contributed by atoms with Crippen LogP contribution in [0, 0.1) is 13.8 Å². The Kier molecular flexibility index (Phi) is 5.35. The Bertz CT molecular complexity index is 964. The molecule has 0 spiro atoms. The van der Waals surface area contributed by atoms with E-state index in [0.717, 1.165) is 16.7 Å². The van der Waals surface area contributed by atoms with Crippen LogP contribution in [-0.2, 0) is 9.53 Å². The molecule has 0 unspecified atom stereocenters. The van der Waals surface area contributed by atoms with Crippen molar-refractivity contribution in [1.82, 2.24) is 10.2 Å². The van der Waals surface area contributed by atoms with Crippen molar-refractivity contribution in [1.29, 1.82) is 0 Å². The first-order chi connectivity index (χ1) is 12.9. The number of aromatic amines is 1. The number of nitrogens with zero attached hydrogens (tertiary/aromatic N) is 1. The fourth-order valence-electron chi connectivity index (χ4n) is 2.57. The molecule has 2 N–H and O–H groups in total. The Morgan fingerprint density at radius 2 is 1.81 bits per heavy atom. The number of ether oxygens (including phenoxy) is 1. The van der Waals surface area contributed by atoms with Gasteiger partial charge >= 0.3 is 5.97 Å². The van der Waals surface area contributed by atoms with E-state index in [9.17, 15) is 9.59 Å². The maximum Gasteiger partial charge on any atom is 0.357 e. The molecule has 1 atom stereocenters. The highest BCUT2D eigenvalue weighted by Gasteiger charge is 2.21. The lowest BCUT2D eigenvalue weighted by atomic mass is 10.1. The highest BCUT2D eigenvalue weighted by Crippen LogP contribution is 2.19. The van der Waals surface area contributed by atoms with E-state index in [1.54, 1.807) is 6.07 Å². The molecule has 1 aromatic heterocycles. The molecule has 0 fully saturated rings. The summed E-state index contributed by atoms with van der Waals surface area (Å²) in [5.74, 6) is -1.02. The lowest BCUT2D eigenvalue weighted by Gasteiger charge is -2.14. The maximum atomic E-state index is 12.4. The summed E-state index contributed by atoms with van der Waals surface area (Å²) in [7, 11) is 0. The van der Waals surface area contributed by atoms with Crippen LogP contribution in [0.3, 0.4) is 0 Å². The number of hydrogen-bond acceptors (Lipinski definition) is 4. The van der Waals surface area contributed by atoms with Gasteiger partial charge in [-0.15, -0.1) is 0 Å². The van der Waals surface area contributed by atoms with Crippen LogP contribution in [0.15, 0.2) is 54.6 Å². The second-order valence-corrected chi connectivity index (χ2v) is 6.39. The molecule has 6 heteroatoms. The van der Waals surface area contributed by atoms with Crippen LogP contribution in [0.2, 0.25) is 0 Å². The monoisotopic (exact) mass is 363 g/mol. The second kappa shape index (κ2) is 7.86. The fraction of sp³-hybridized carbons (Fsp3) is 0.190. The predicted molar refractivity (Wildman–Crippen MR) is 103 cm³/mol. The van der Waals surface area contributed by atoms with Gasteiger partial charge in [0.15, 0.2) is 6.10 Å². The zero-order valence-corrected chi connectivity index (χ0v) is 15.4. The number of amides is 1. The smallest absolute Gasteiger partial charge is 0.357 e. The Morgan fingerprint density at radius 3 is 2.56 bits per heavy atom. The summed E-state index contributed by atoms with van der Waals surface area (Å²) in [5, 5.41) is 9.58. The maximum absolute atomic E-state index is 12.4. The molecule has 0 aliphatic rings. The largest absolute Gasteiger partial charge is 0.448 e. The number of carbonyl (C=O) groups is 2. The van der Waals surface area contributed by atoms with Crippen molar-refractivity contribution < 1.29 is 14.3 Å². The number of rotatable bonds is 5. The van der Waals surface area contributed by atoms with Gasteiger partial charge < -0.3 is 10.1 Å². The Hall–Kier alpha value is -3.41. The van der Waals surface area contributed by atoms with Gasteiger partial charge in [0.1, 0.15) is 5.69 Å². The highest BCUT2D eigenvalue weighted by molar-refractivity contribution is 5.97. The number of nitrogens with one attached hydrogen (secondary N) is 2. The summed E-state index contributed by atoms with van der Waals surface area (Å²) in [6.07, 6.45) is -0.944. The first kappa shape index (κ1) is 18.4. The topological polar surface area (TPSA) is 84.1 Å². The second-order valence-electron chi connectivity index (χ2n) is 6.39. The van der Waals surface area contributed by atoms with Crippen molar-refractivity contribution >= 4 is 17.6 Å². The summed E-state index contributed by atoms with van der Waals surface area (Å²) in [5.41, 5.74) is 4.39. The van der Waals surface area contributed by atoms with Crippen LogP contribution in [0.5, 0.6) is 0 Å². The van der Waals surface area contributed by atoms with E-state index < -0.39 is 12.1 Å². The fourth-order valence-corrected chi connectivity index (χ4v) is 2.57. The van der Waals surface area contributed by atoms with Crippen molar-refractivity contribution in [2.24, 2.45) is 0 Å². The molecular formula is C21H21N3O3. The number of anilines is 1. The van der Waals surface area contributed by atoms with Crippen molar-refractivity contribution in [2.45, 2.75) is 26.9 Å². The van der Waals surface area contributed by atoms with Gasteiger partial charge in [0, 0.05) is 11.3 Å².